The highest BCUT2D eigenvalue weighted by molar-refractivity contribution is 5.76. The Morgan fingerprint density at radius 2 is 1.85 bits per heavy atom. The van der Waals surface area contributed by atoms with E-state index < -0.39 is 0 Å². The minimum absolute atomic E-state index is 0.246. The molecule has 20 heavy (non-hydrogen) atoms. The summed E-state index contributed by atoms with van der Waals surface area (Å²) in [5, 5.41) is 6.47. The highest BCUT2D eigenvalue weighted by atomic mass is 16.2. The van der Waals surface area contributed by atoms with Crippen LogP contribution >= 0.6 is 0 Å². The number of anilines is 2. The number of nitrogens with zero attached hydrogens (tertiary/aromatic N) is 2. The molecule has 110 valence electrons. The number of carbonyl (C=O) groups is 1. The molecule has 2 N–H and O–H groups in total. The zero-order valence-corrected chi connectivity index (χ0v) is 12.2. The highest BCUT2D eigenvalue weighted by Crippen LogP contribution is 2.11. The van der Waals surface area contributed by atoms with E-state index in [1.165, 1.54) is 0 Å². The quantitative estimate of drug-likeness (QED) is 0.802. The van der Waals surface area contributed by atoms with Gasteiger partial charge in [0, 0.05) is 32.6 Å². The first-order chi connectivity index (χ1) is 9.79. The van der Waals surface area contributed by atoms with Gasteiger partial charge in [-0.1, -0.05) is 13.0 Å². The van der Waals surface area contributed by atoms with Crippen LogP contribution in [0.1, 0.15) is 32.6 Å². The van der Waals surface area contributed by atoms with Crippen LogP contribution < -0.4 is 10.6 Å². The fourth-order valence-electron chi connectivity index (χ4n) is 2.31. The van der Waals surface area contributed by atoms with Gasteiger partial charge in [-0.3, -0.25) is 4.79 Å². The molecular weight excluding hydrogens is 252 g/mol. The van der Waals surface area contributed by atoms with Crippen molar-refractivity contribution in [2.45, 2.75) is 32.6 Å². The van der Waals surface area contributed by atoms with E-state index >= 15 is 0 Å². The normalized spacial score (nSPS) is 14.3. The summed E-state index contributed by atoms with van der Waals surface area (Å²) in [6, 6.07) is 5.85. The Hall–Kier alpha value is -1.78. The van der Waals surface area contributed by atoms with E-state index in [2.05, 4.69) is 22.5 Å². The predicted octanol–water partition coefficient (Wildman–Crippen LogP) is 2.33. The Kier molecular flexibility index (Phi) is 5.65. The number of nitrogens with one attached hydrogen (secondary N) is 2. The molecule has 1 aromatic rings. The summed E-state index contributed by atoms with van der Waals surface area (Å²) in [5.41, 5.74) is 0. The fraction of sp³-hybridized carbons (Fsp3) is 0.600. The molecule has 2 heterocycles. The Bertz CT molecular complexity index is 430. The first kappa shape index (κ1) is 14.6. The Balaban J connectivity index is 1.74. The van der Waals surface area contributed by atoms with Gasteiger partial charge in [-0.05, 0) is 31.4 Å². The van der Waals surface area contributed by atoms with Crippen molar-refractivity contribution < 1.29 is 4.79 Å². The number of likely N-dealkylation sites (tertiary alicyclic amines) is 1. The number of carbonyl (C=O) groups excluding carboxylic acids is 1. The lowest BCUT2D eigenvalue weighted by Gasteiger charge is -2.15. The van der Waals surface area contributed by atoms with E-state index in [1.807, 2.05) is 23.1 Å². The monoisotopic (exact) mass is 276 g/mol. The number of hydrogen-bond acceptors (Lipinski definition) is 4. The molecule has 1 aliphatic heterocycles. The van der Waals surface area contributed by atoms with E-state index in [4.69, 9.17) is 0 Å². The van der Waals surface area contributed by atoms with E-state index in [1.54, 1.807) is 0 Å². The topological polar surface area (TPSA) is 57.3 Å². The van der Waals surface area contributed by atoms with E-state index in [-0.39, 0.29) is 5.91 Å². The Labute approximate surface area is 120 Å². The first-order valence-electron chi connectivity index (χ1n) is 7.52. The number of rotatable bonds is 7. The van der Waals surface area contributed by atoms with Gasteiger partial charge in [0.25, 0.3) is 0 Å². The Morgan fingerprint density at radius 3 is 2.50 bits per heavy atom. The standard InChI is InChI=1S/C15H24N4O/c1-2-9-16-13-6-5-7-14(18-13)17-10-8-15(20)19-11-3-4-12-19/h5-7H,2-4,8-12H2,1H3,(H2,16,17,18). The van der Waals surface area contributed by atoms with Gasteiger partial charge >= 0.3 is 0 Å². The molecule has 1 amide bonds. The summed E-state index contributed by atoms with van der Waals surface area (Å²) in [4.78, 5) is 18.3. The van der Waals surface area contributed by atoms with Crippen LogP contribution in [-0.4, -0.2) is 42.0 Å². The lowest BCUT2D eigenvalue weighted by molar-refractivity contribution is -0.129. The van der Waals surface area contributed by atoms with Crippen LogP contribution in [0, 0.1) is 0 Å². The molecule has 0 saturated carbocycles. The third-order valence-electron chi connectivity index (χ3n) is 3.41. The largest absolute Gasteiger partial charge is 0.370 e. The van der Waals surface area contributed by atoms with E-state index in [0.29, 0.717) is 13.0 Å². The summed E-state index contributed by atoms with van der Waals surface area (Å²) < 4.78 is 0. The van der Waals surface area contributed by atoms with Crippen LogP contribution in [0.2, 0.25) is 0 Å². The van der Waals surface area contributed by atoms with Gasteiger partial charge in [0.2, 0.25) is 5.91 Å². The van der Waals surface area contributed by atoms with Crippen molar-refractivity contribution >= 4 is 17.5 Å². The van der Waals surface area contributed by atoms with Gasteiger partial charge in [-0.2, -0.15) is 0 Å². The molecule has 0 atom stereocenters. The molecular formula is C15H24N4O. The summed E-state index contributed by atoms with van der Waals surface area (Å²) in [6.07, 6.45) is 3.90. The Morgan fingerprint density at radius 1 is 1.20 bits per heavy atom. The maximum Gasteiger partial charge on any atom is 0.224 e. The molecule has 1 fully saturated rings. The van der Waals surface area contributed by atoms with Crippen molar-refractivity contribution in [3.05, 3.63) is 18.2 Å². The van der Waals surface area contributed by atoms with Crippen molar-refractivity contribution in [1.29, 1.82) is 0 Å². The zero-order chi connectivity index (χ0) is 14.2. The lowest BCUT2D eigenvalue weighted by atomic mass is 10.3. The molecule has 5 nitrogen and oxygen atoms in total. The SMILES string of the molecule is CCCNc1cccc(NCCC(=O)N2CCCC2)n1. The number of amides is 1. The van der Waals surface area contributed by atoms with E-state index in [9.17, 15) is 4.79 Å². The second-order valence-corrected chi connectivity index (χ2v) is 5.10. The molecule has 1 saturated heterocycles. The lowest BCUT2D eigenvalue weighted by Crippen LogP contribution is -2.29. The van der Waals surface area contributed by atoms with Crippen molar-refractivity contribution in [1.82, 2.24) is 9.88 Å². The summed E-state index contributed by atoms with van der Waals surface area (Å²) in [5.74, 6) is 1.94. The van der Waals surface area contributed by atoms with E-state index in [0.717, 1.165) is 50.5 Å². The highest BCUT2D eigenvalue weighted by Gasteiger charge is 2.16. The number of pyridine rings is 1. The minimum Gasteiger partial charge on any atom is -0.370 e. The van der Waals surface area contributed by atoms with Gasteiger partial charge in [0.15, 0.2) is 0 Å². The molecule has 1 aromatic heterocycles. The molecule has 0 radical (unpaired) electrons. The van der Waals surface area contributed by atoms with Gasteiger partial charge < -0.3 is 15.5 Å². The van der Waals surface area contributed by atoms with Crippen LogP contribution in [-0.2, 0) is 4.79 Å². The maximum atomic E-state index is 11.9. The van der Waals surface area contributed by atoms with Gasteiger partial charge in [-0.15, -0.1) is 0 Å². The van der Waals surface area contributed by atoms with Crippen molar-refractivity contribution in [3.8, 4) is 0 Å². The van der Waals surface area contributed by atoms with Crippen LogP contribution in [0.15, 0.2) is 18.2 Å². The van der Waals surface area contributed by atoms with Crippen molar-refractivity contribution in [3.63, 3.8) is 0 Å². The number of hydrogen-bond donors (Lipinski definition) is 2. The summed E-state index contributed by atoms with van der Waals surface area (Å²) in [7, 11) is 0. The fourth-order valence-corrected chi connectivity index (χ4v) is 2.31. The van der Waals surface area contributed by atoms with Crippen molar-refractivity contribution in [2.75, 3.05) is 36.8 Å². The van der Waals surface area contributed by atoms with Crippen LogP contribution in [0.3, 0.4) is 0 Å². The molecule has 0 spiro atoms. The number of aromatic nitrogens is 1. The van der Waals surface area contributed by atoms with Crippen LogP contribution in [0.5, 0.6) is 0 Å². The third-order valence-corrected chi connectivity index (χ3v) is 3.41. The first-order valence-corrected chi connectivity index (χ1v) is 7.52. The molecule has 5 heteroatoms. The average molecular weight is 276 g/mol. The maximum absolute atomic E-state index is 11.9. The summed E-state index contributed by atoms with van der Waals surface area (Å²) >= 11 is 0. The average Bonchev–Trinajstić information content (AvgIpc) is 3.00. The molecule has 1 aliphatic rings. The second-order valence-electron chi connectivity index (χ2n) is 5.10. The van der Waals surface area contributed by atoms with Crippen molar-refractivity contribution in [2.24, 2.45) is 0 Å². The molecule has 0 unspecified atom stereocenters. The van der Waals surface area contributed by atoms with Crippen LogP contribution in [0.4, 0.5) is 11.6 Å². The van der Waals surface area contributed by atoms with Gasteiger partial charge in [0.1, 0.15) is 11.6 Å². The smallest absolute Gasteiger partial charge is 0.224 e. The predicted molar refractivity (Wildman–Crippen MR) is 81.9 cm³/mol. The molecule has 0 bridgehead atoms. The van der Waals surface area contributed by atoms with Crippen LogP contribution in [0.25, 0.3) is 0 Å². The van der Waals surface area contributed by atoms with Gasteiger partial charge in [0.05, 0.1) is 0 Å². The minimum atomic E-state index is 0.246. The molecule has 0 aliphatic carbocycles. The van der Waals surface area contributed by atoms with Gasteiger partial charge in [-0.25, -0.2) is 4.98 Å². The third kappa shape index (κ3) is 4.40. The second kappa shape index (κ2) is 7.72. The zero-order valence-electron chi connectivity index (χ0n) is 12.2. The molecule has 2 rings (SSSR count). The summed E-state index contributed by atoms with van der Waals surface area (Å²) in [6.45, 7) is 5.53. The molecule has 0 aromatic carbocycles.